The molecule has 1 aliphatic heterocycles. The number of hydrogen-bond donors (Lipinski definition) is 1. The van der Waals surface area contributed by atoms with Crippen LogP contribution in [0.3, 0.4) is 0 Å². The molecule has 1 aromatic rings. The van der Waals surface area contributed by atoms with Crippen LogP contribution in [0.25, 0.3) is 0 Å². The van der Waals surface area contributed by atoms with E-state index in [1.54, 1.807) is 18.2 Å². The van der Waals surface area contributed by atoms with Gasteiger partial charge in [0, 0.05) is 18.7 Å². The van der Waals surface area contributed by atoms with Crippen LogP contribution < -0.4 is 0 Å². The lowest BCUT2D eigenvalue weighted by Gasteiger charge is -2.29. The van der Waals surface area contributed by atoms with E-state index in [0.29, 0.717) is 21.4 Å². The molecule has 1 aromatic carbocycles. The fourth-order valence-electron chi connectivity index (χ4n) is 2.99. The van der Waals surface area contributed by atoms with Crippen molar-refractivity contribution >= 4 is 21.8 Å². The smallest absolute Gasteiger partial charge is 0.253 e. The summed E-state index contributed by atoms with van der Waals surface area (Å²) in [5, 5.41) is 9.73. The zero-order valence-corrected chi connectivity index (χ0v) is 14.6. The Morgan fingerprint density at radius 3 is 2.62 bits per heavy atom. The summed E-state index contributed by atoms with van der Waals surface area (Å²) in [5.41, 5.74) is 0.861. The standard InChI is InChI=1S/C17H24BrNO2/c1-17(2,3)13-5-4-9-19(10-8-13)16(21)12-6-7-14(18)15(20)11-12/h6-7,11,13,20H,4-5,8-10H2,1-3H3. The zero-order chi connectivity index (χ0) is 15.6. The monoisotopic (exact) mass is 353 g/mol. The molecular weight excluding hydrogens is 330 g/mol. The van der Waals surface area contributed by atoms with Gasteiger partial charge in [-0.2, -0.15) is 0 Å². The van der Waals surface area contributed by atoms with Gasteiger partial charge in [0.25, 0.3) is 5.91 Å². The van der Waals surface area contributed by atoms with Crippen LogP contribution in [0.1, 0.15) is 50.4 Å². The largest absolute Gasteiger partial charge is 0.507 e. The third kappa shape index (κ3) is 4.00. The van der Waals surface area contributed by atoms with E-state index in [9.17, 15) is 9.90 Å². The molecule has 1 heterocycles. The van der Waals surface area contributed by atoms with Crippen molar-refractivity contribution in [1.29, 1.82) is 0 Å². The minimum Gasteiger partial charge on any atom is -0.507 e. The Labute approximate surface area is 135 Å². The van der Waals surface area contributed by atoms with Gasteiger partial charge in [-0.15, -0.1) is 0 Å². The Hall–Kier alpha value is -1.03. The fraction of sp³-hybridized carbons (Fsp3) is 0.588. The number of aromatic hydroxyl groups is 1. The van der Waals surface area contributed by atoms with Crippen molar-refractivity contribution in [2.45, 2.75) is 40.0 Å². The molecule has 1 N–H and O–H groups in total. The second-order valence-electron chi connectivity index (χ2n) is 6.95. The van der Waals surface area contributed by atoms with E-state index in [-0.39, 0.29) is 11.7 Å². The average Bonchev–Trinajstić information content (AvgIpc) is 2.66. The third-order valence-electron chi connectivity index (χ3n) is 4.43. The highest BCUT2D eigenvalue weighted by molar-refractivity contribution is 9.10. The number of benzene rings is 1. The number of phenols is 1. The third-order valence-corrected chi connectivity index (χ3v) is 5.10. The molecular formula is C17H24BrNO2. The summed E-state index contributed by atoms with van der Waals surface area (Å²) in [5.74, 6) is 0.796. The summed E-state index contributed by atoms with van der Waals surface area (Å²) >= 11 is 3.24. The van der Waals surface area contributed by atoms with E-state index >= 15 is 0 Å². The van der Waals surface area contributed by atoms with Crippen LogP contribution in [-0.4, -0.2) is 29.0 Å². The molecule has 0 saturated carbocycles. The van der Waals surface area contributed by atoms with Crippen molar-refractivity contribution in [3.05, 3.63) is 28.2 Å². The van der Waals surface area contributed by atoms with Crippen LogP contribution in [-0.2, 0) is 0 Å². The van der Waals surface area contributed by atoms with Crippen LogP contribution in [0.5, 0.6) is 5.75 Å². The van der Waals surface area contributed by atoms with Gasteiger partial charge >= 0.3 is 0 Å². The molecule has 4 heteroatoms. The first-order valence-electron chi connectivity index (χ1n) is 7.57. The van der Waals surface area contributed by atoms with Gasteiger partial charge in [0.15, 0.2) is 0 Å². The van der Waals surface area contributed by atoms with Crippen molar-refractivity contribution in [3.63, 3.8) is 0 Å². The summed E-state index contributed by atoms with van der Waals surface area (Å²) in [6.45, 7) is 8.45. The summed E-state index contributed by atoms with van der Waals surface area (Å²) in [7, 11) is 0. The minimum absolute atomic E-state index is 0.0207. The molecule has 2 rings (SSSR count). The molecule has 1 unspecified atom stereocenters. The normalized spacial score (nSPS) is 20.2. The van der Waals surface area contributed by atoms with E-state index in [1.807, 2.05) is 4.90 Å². The second kappa shape index (κ2) is 6.39. The molecule has 0 aromatic heterocycles. The lowest BCUT2D eigenvalue weighted by Crippen LogP contribution is -2.32. The van der Waals surface area contributed by atoms with Gasteiger partial charge in [-0.25, -0.2) is 0 Å². The number of nitrogens with zero attached hydrogens (tertiary/aromatic N) is 1. The quantitative estimate of drug-likeness (QED) is 0.810. The van der Waals surface area contributed by atoms with Crippen molar-refractivity contribution < 1.29 is 9.90 Å². The topological polar surface area (TPSA) is 40.5 Å². The Morgan fingerprint density at radius 1 is 1.29 bits per heavy atom. The number of halogens is 1. The maximum absolute atomic E-state index is 12.6. The number of amides is 1. The van der Waals surface area contributed by atoms with Crippen LogP contribution in [0.15, 0.2) is 22.7 Å². The van der Waals surface area contributed by atoms with Crippen molar-refractivity contribution in [2.75, 3.05) is 13.1 Å². The SMILES string of the molecule is CC(C)(C)C1CCCN(C(=O)c2ccc(Br)c(O)c2)CC1. The zero-order valence-electron chi connectivity index (χ0n) is 13.0. The van der Waals surface area contributed by atoms with Gasteiger partial charge in [0.2, 0.25) is 0 Å². The minimum atomic E-state index is 0.0207. The van der Waals surface area contributed by atoms with Gasteiger partial charge in [-0.3, -0.25) is 4.79 Å². The number of rotatable bonds is 1. The molecule has 0 bridgehead atoms. The summed E-state index contributed by atoms with van der Waals surface area (Å²) in [6.07, 6.45) is 3.28. The predicted octanol–water partition coefficient (Wildman–Crippen LogP) is 4.44. The summed E-state index contributed by atoms with van der Waals surface area (Å²) in [6, 6.07) is 5.02. The maximum Gasteiger partial charge on any atom is 0.253 e. The van der Waals surface area contributed by atoms with Crippen molar-refractivity contribution in [2.24, 2.45) is 11.3 Å². The summed E-state index contributed by atoms with van der Waals surface area (Å²) in [4.78, 5) is 14.5. The molecule has 1 atom stereocenters. The average molecular weight is 354 g/mol. The number of carbonyl (C=O) groups is 1. The van der Waals surface area contributed by atoms with Crippen LogP contribution in [0.2, 0.25) is 0 Å². The van der Waals surface area contributed by atoms with Crippen LogP contribution in [0.4, 0.5) is 0 Å². The van der Waals surface area contributed by atoms with Crippen molar-refractivity contribution in [3.8, 4) is 5.75 Å². The first-order chi connectivity index (χ1) is 9.79. The number of likely N-dealkylation sites (tertiary alicyclic amines) is 1. The molecule has 3 nitrogen and oxygen atoms in total. The van der Waals surface area contributed by atoms with Gasteiger partial charge in [-0.05, 0) is 64.7 Å². The Bertz CT molecular complexity index is 522. The molecule has 0 radical (unpaired) electrons. The van der Waals surface area contributed by atoms with E-state index in [4.69, 9.17) is 0 Å². The Kier molecular flexibility index (Phi) is 4.97. The van der Waals surface area contributed by atoms with Gasteiger partial charge in [0.1, 0.15) is 5.75 Å². The highest BCUT2D eigenvalue weighted by Gasteiger charge is 2.28. The molecule has 21 heavy (non-hydrogen) atoms. The second-order valence-corrected chi connectivity index (χ2v) is 7.81. The van der Waals surface area contributed by atoms with E-state index < -0.39 is 0 Å². The molecule has 1 saturated heterocycles. The Balaban J connectivity index is 2.08. The predicted molar refractivity (Wildman–Crippen MR) is 88.5 cm³/mol. The highest BCUT2D eigenvalue weighted by atomic mass is 79.9. The first kappa shape index (κ1) is 16.3. The molecule has 1 amide bonds. The van der Waals surface area contributed by atoms with E-state index in [0.717, 1.165) is 25.9 Å². The molecule has 116 valence electrons. The van der Waals surface area contributed by atoms with E-state index in [2.05, 4.69) is 36.7 Å². The lowest BCUT2D eigenvalue weighted by atomic mass is 9.77. The van der Waals surface area contributed by atoms with Crippen molar-refractivity contribution in [1.82, 2.24) is 4.90 Å². The molecule has 0 aliphatic carbocycles. The number of hydrogen-bond acceptors (Lipinski definition) is 2. The first-order valence-corrected chi connectivity index (χ1v) is 8.36. The van der Waals surface area contributed by atoms with E-state index in [1.165, 1.54) is 6.42 Å². The van der Waals surface area contributed by atoms with Crippen LogP contribution in [0, 0.1) is 11.3 Å². The lowest BCUT2D eigenvalue weighted by molar-refractivity contribution is 0.0755. The summed E-state index contributed by atoms with van der Waals surface area (Å²) < 4.78 is 0.614. The number of carbonyl (C=O) groups excluding carboxylic acids is 1. The van der Waals surface area contributed by atoms with Crippen LogP contribution >= 0.6 is 15.9 Å². The highest BCUT2D eigenvalue weighted by Crippen LogP contribution is 2.34. The molecule has 0 spiro atoms. The number of phenolic OH excluding ortho intramolecular Hbond substituents is 1. The molecule has 1 fully saturated rings. The van der Waals surface area contributed by atoms with Gasteiger partial charge in [0.05, 0.1) is 4.47 Å². The van der Waals surface area contributed by atoms with Gasteiger partial charge in [-0.1, -0.05) is 20.8 Å². The maximum atomic E-state index is 12.6. The van der Waals surface area contributed by atoms with Gasteiger partial charge < -0.3 is 10.0 Å². The Morgan fingerprint density at radius 2 is 2.00 bits per heavy atom. The fourth-order valence-corrected chi connectivity index (χ4v) is 3.24. The molecule has 1 aliphatic rings.